The number of hydrogen-bond donors (Lipinski definition) is 2. The fourth-order valence-electron chi connectivity index (χ4n) is 2.17. The Morgan fingerprint density at radius 3 is 2.57 bits per heavy atom. The van der Waals surface area contributed by atoms with Crippen LogP contribution in [0.5, 0.6) is 0 Å². The van der Waals surface area contributed by atoms with Gasteiger partial charge in [0.1, 0.15) is 0 Å². The number of nitrogens with zero attached hydrogens (tertiary/aromatic N) is 4. The second-order valence-corrected chi connectivity index (χ2v) is 4.99. The molecule has 0 bridgehead atoms. The second-order valence-electron chi connectivity index (χ2n) is 4.99. The van der Waals surface area contributed by atoms with E-state index in [9.17, 15) is 0 Å². The molecular weight excluding hydrogens is 266 g/mol. The van der Waals surface area contributed by atoms with Crippen molar-refractivity contribution in [3.63, 3.8) is 0 Å². The van der Waals surface area contributed by atoms with Crippen molar-refractivity contribution in [2.75, 3.05) is 11.9 Å². The number of anilines is 1. The molecule has 0 aliphatic rings. The fraction of sp³-hybridized carbons (Fsp3) is 0.333. The lowest BCUT2D eigenvalue weighted by Gasteiger charge is -2.19. The Morgan fingerprint density at radius 2 is 2.05 bits per heavy atom. The van der Waals surface area contributed by atoms with E-state index >= 15 is 0 Å². The largest absolute Gasteiger partial charge is 0.409 e. The average Bonchev–Trinajstić information content (AvgIpc) is 2.86. The molecule has 1 aromatic carbocycles. The van der Waals surface area contributed by atoms with Crippen LogP contribution in [0.3, 0.4) is 0 Å². The second kappa shape index (κ2) is 6.30. The molecule has 1 aromatic heterocycles. The Balaban J connectivity index is 2.12. The van der Waals surface area contributed by atoms with Gasteiger partial charge in [-0.1, -0.05) is 12.1 Å². The van der Waals surface area contributed by atoms with Crippen molar-refractivity contribution in [2.24, 2.45) is 17.9 Å². The minimum atomic E-state index is 0.114. The summed E-state index contributed by atoms with van der Waals surface area (Å²) in [5.41, 5.74) is 9.58. The van der Waals surface area contributed by atoms with Crippen LogP contribution < -0.4 is 10.6 Å². The molecule has 0 spiro atoms. The monoisotopic (exact) mass is 287 g/mol. The zero-order valence-electron chi connectivity index (χ0n) is 12.6. The van der Waals surface area contributed by atoms with Crippen molar-refractivity contribution in [2.45, 2.75) is 19.9 Å². The maximum absolute atomic E-state index is 8.66. The number of benzene rings is 1. The van der Waals surface area contributed by atoms with Crippen molar-refractivity contribution in [3.05, 3.63) is 47.3 Å². The highest BCUT2D eigenvalue weighted by molar-refractivity contribution is 5.97. The van der Waals surface area contributed by atoms with E-state index in [4.69, 9.17) is 10.9 Å². The van der Waals surface area contributed by atoms with Gasteiger partial charge in [0.05, 0.1) is 17.9 Å². The first-order valence-electron chi connectivity index (χ1n) is 6.86. The summed E-state index contributed by atoms with van der Waals surface area (Å²) in [5, 5.41) is 16.1. The lowest BCUT2D eigenvalue weighted by molar-refractivity contribution is 0.318. The maximum Gasteiger partial charge on any atom is 0.170 e. The number of aromatic nitrogens is 2. The minimum absolute atomic E-state index is 0.114. The summed E-state index contributed by atoms with van der Waals surface area (Å²) >= 11 is 0. The van der Waals surface area contributed by atoms with E-state index in [1.54, 1.807) is 0 Å². The van der Waals surface area contributed by atoms with E-state index in [2.05, 4.69) is 28.1 Å². The number of aryl methyl sites for hydroxylation is 2. The van der Waals surface area contributed by atoms with Gasteiger partial charge in [0.25, 0.3) is 0 Å². The summed E-state index contributed by atoms with van der Waals surface area (Å²) in [7, 11) is 3.99. The summed E-state index contributed by atoms with van der Waals surface area (Å²) in [5.74, 6) is 0.114. The molecule has 3 N–H and O–H groups in total. The third-order valence-corrected chi connectivity index (χ3v) is 3.50. The van der Waals surface area contributed by atoms with Crippen LogP contribution in [0.1, 0.15) is 23.9 Å². The van der Waals surface area contributed by atoms with Crippen LogP contribution >= 0.6 is 0 Å². The van der Waals surface area contributed by atoms with E-state index in [-0.39, 0.29) is 5.84 Å². The van der Waals surface area contributed by atoms with Crippen LogP contribution in [0.15, 0.2) is 35.5 Å². The van der Waals surface area contributed by atoms with Crippen molar-refractivity contribution in [1.29, 1.82) is 0 Å². The summed E-state index contributed by atoms with van der Waals surface area (Å²) in [6, 6.07) is 9.69. The minimum Gasteiger partial charge on any atom is -0.409 e. The predicted octanol–water partition coefficient (Wildman–Crippen LogP) is 1.71. The molecule has 6 nitrogen and oxygen atoms in total. The molecule has 0 radical (unpaired) electrons. The molecule has 6 heteroatoms. The quantitative estimate of drug-likeness (QED) is 0.380. The van der Waals surface area contributed by atoms with Crippen LogP contribution in [0.2, 0.25) is 0 Å². The predicted molar refractivity (Wildman–Crippen MR) is 83.6 cm³/mol. The summed E-state index contributed by atoms with van der Waals surface area (Å²) in [4.78, 5) is 2.13. The average molecular weight is 287 g/mol. The lowest BCUT2D eigenvalue weighted by Crippen LogP contribution is -2.19. The normalized spacial score (nSPS) is 11.7. The van der Waals surface area contributed by atoms with Crippen molar-refractivity contribution in [1.82, 2.24) is 9.78 Å². The summed E-state index contributed by atoms with van der Waals surface area (Å²) in [6.07, 6.45) is 0.937. The smallest absolute Gasteiger partial charge is 0.170 e. The van der Waals surface area contributed by atoms with Crippen LogP contribution in [0.4, 0.5) is 5.69 Å². The number of nitrogens with two attached hydrogens (primary N) is 1. The molecule has 2 rings (SSSR count). The zero-order valence-corrected chi connectivity index (χ0v) is 12.6. The molecule has 0 aliphatic carbocycles. The summed E-state index contributed by atoms with van der Waals surface area (Å²) in [6.45, 7) is 2.87. The maximum atomic E-state index is 8.66. The molecule has 0 atom stereocenters. The van der Waals surface area contributed by atoms with Gasteiger partial charge in [-0.25, -0.2) is 0 Å². The van der Waals surface area contributed by atoms with Crippen molar-refractivity contribution >= 4 is 11.5 Å². The Morgan fingerprint density at radius 1 is 1.38 bits per heavy atom. The van der Waals surface area contributed by atoms with Gasteiger partial charge in [-0.15, -0.1) is 0 Å². The highest BCUT2D eigenvalue weighted by Crippen LogP contribution is 2.17. The first-order valence-corrected chi connectivity index (χ1v) is 6.86. The molecule has 1 heterocycles. The van der Waals surface area contributed by atoms with E-state index in [1.165, 1.54) is 0 Å². The highest BCUT2D eigenvalue weighted by Gasteiger charge is 2.08. The summed E-state index contributed by atoms with van der Waals surface area (Å²) < 4.78 is 1.92. The highest BCUT2D eigenvalue weighted by atomic mass is 16.4. The molecule has 112 valence electrons. The van der Waals surface area contributed by atoms with Gasteiger partial charge in [-0.05, 0) is 36.8 Å². The van der Waals surface area contributed by atoms with Gasteiger partial charge in [-0.3, -0.25) is 4.68 Å². The van der Waals surface area contributed by atoms with Gasteiger partial charge in [0.15, 0.2) is 5.84 Å². The van der Waals surface area contributed by atoms with Crippen LogP contribution in [0, 0.1) is 0 Å². The fourth-order valence-corrected chi connectivity index (χ4v) is 2.17. The number of hydrogen-bond acceptors (Lipinski definition) is 4. The third kappa shape index (κ3) is 3.34. The molecule has 0 saturated heterocycles. The van der Waals surface area contributed by atoms with Gasteiger partial charge in [0, 0.05) is 25.3 Å². The Hall–Kier alpha value is -2.50. The number of rotatable bonds is 5. The lowest BCUT2D eigenvalue weighted by atomic mass is 10.2. The first-order chi connectivity index (χ1) is 10.0. The van der Waals surface area contributed by atoms with Crippen LogP contribution in [-0.2, 0) is 20.0 Å². The number of oxime groups is 1. The molecule has 0 amide bonds. The Bertz CT molecular complexity index is 630. The van der Waals surface area contributed by atoms with E-state index in [0.29, 0.717) is 5.56 Å². The van der Waals surface area contributed by atoms with Crippen LogP contribution in [-0.4, -0.2) is 27.9 Å². The topological polar surface area (TPSA) is 79.7 Å². The van der Waals surface area contributed by atoms with E-state index in [1.807, 2.05) is 43.0 Å². The third-order valence-electron chi connectivity index (χ3n) is 3.50. The van der Waals surface area contributed by atoms with Gasteiger partial charge >= 0.3 is 0 Å². The van der Waals surface area contributed by atoms with Gasteiger partial charge in [-0.2, -0.15) is 5.10 Å². The molecule has 0 fully saturated rings. The van der Waals surface area contributed by atoms with Crippen LogP contribution in [0.25, 0.3) is 0 Å². The Labute approximate surface area is 124 Å². The number of amidine groups is 1. The zero-order chi connectivity index (χ0) is 15.4. The molecule has 21 heavy (non-hydrogen) atoms. The molecule has 0 unspecified atom stereocenters. The molecular formula is C15H21N5O. The first kappa shape index (κ1) is 14.9. The molecule has 0 aliphatic heterocycles. The molecule has 0 saturated carbocycles. The Kier molecular flexibility index (Phi) is 4.47. The van der Waals surface area contributed by atoms with Crippen molar-refractivity contribution in [3.8, 4) is 0 Å². The molecule has 2 aromatic rings. The van der Waals surface area contributed by atoms with Gasteiger partial charge < -0.3 is 15.8 Å². The van der Waals surface area contributed by atoms with E-state index < -0.39 is 0 Å². The SMILES string of the molecule is CCc1cc(CN(C)c2ccc(C(N)=NO)cc2)n(C)n1. The van der Waals surface area contributed by atoms with Gasteiger partial charge in [0.2, 0.25) is 0 Å². The van der Waals surface area contributed by atoms with E-state index in [0.717, 1.165) is 30.0 Å². The van der Waals surface area contributed by atoms with Crippen molar-refractivity contribution < 1.29 is 5.21 Å². The standard InChI is InChI=1S/C15H21N5O/c1-4-12-9-14(20(3)17-12)10-19(2)13-7-5-11(6-8-13)15(16)18-21/h5-9,21H,4,10H2,1-3H3,(H2,16,18).